The van der Waals surface area contributed by atoms with Crippen LogP contribution in [0.2, 0.25) is 0 Å². The van der Waals surface area contributed by atoms with E-state index in [0.717, 1.165) is 19.3 Å². The van der Waals surface area contributed by atoms with Gasteiger partial charge in [0.25, 0.3) is 0 Å². The highest BCUT2D eigenvalue weighted by atomic mass is 16.7. The van der Waals surface area contributed by atoms with Crippen LogP contribution in [0, 0.1) is 40.4 Å². The molecule has 11 heteroatoms. The van der Waals surface area contributed by atoms with E-state index in [1.165, 1.54) is 11.1 Å². The molecule has 0 radical (unpaired) electrons. The second-order valence-electron chi connectivity index (χ2n) is 16.1. The van der Waals surface area contributed by atoms with Gasteiger partial charge < -0.3 is 49.6 Å². The number of hydrogen-bond donors (Lipinski definition) is 6. The van der Waals surface area contributed by atoms with Gasteiger partial charge in [0, 0.05) is 5.92 Å². The van der Waals surface area contributed by atoms with Gasteiger partial charge >= 0.3 is 5.97 Å². The molecule has 17 atom stereocenters. The van der Waals surface area contributed by atoms with E-state index in [1.54, 1.807) is 0 Å². The molecule has 0 aromatic carbocycles. The molecule has 0 amide bonds. The number of allylic oxidation sites excluding steroid dienone is 4. The lowest BCUT2D eigenvalue weighted by Gasteiger charge is -2.54. The third-order valence-electron chi connectivity index (χ3n) is 13.7. The number of carbonyl (C=O) groups excluding carboxylic acids is 1. The van der Waals surface area contributed by atoms with Gasteiger partial charge in [-0.3, -0.25) is 4.79 Å². The Kier molecular flexibility index (Phi) is 8.14. The number of aliphatic hydroxyl groups excluding tert-OH is 5. The number of aliphatic hydroxyl groups is 6. The molecule has 0 spiro atoms. The first-order valence-electron chi connectivity index (χ1n) is 17.3. The molecule has 3 saturated heterocycles. The molecule has 4 aliphatic carbocycles. The fraction of sp³-hybridized carbons (Fsp3) is 0.857. The summed E-state index contributed by atoms with van der Waals surface area (Å²) in [5.74, 6) is -1.23. The summed E-state index contributed by atoms with van der Waals surface area (Å²) in [6, 6.07) is 0. The average molecular weight is 649 g/mol. The molecule has 3 aliphatic heterocycles. The Labute approximate surface area is 270 Å². The molecule has 7 rings (SSSR count). The normalized spacial score (nSPS) is 54.8. The van der Waals surface area contributed by atoms with Gasteiger partial charge in [-0.15, -0.1) is 0 Å². The minimum Gasteiger partial charge on any atom is -0.456 e. The van der Waals surface area contributed by atoms with E-state index in [2.05, 4.69) is 26.0 Å². The second kappa shape index (κ2) is 11.3. The first kappa shape index (κ1) is 33.1. The van der Waals surface area contributed by atoms with Crippen molar-refractivity contribution in [2.24, 2.45) is 40.4 Å². The van der Waals surface area contributed by atoms with E-state index in [9.17, 15) is 35.4 Å². The molecule has 11 nitrogen and oxygen atoms in total. The zero-order valence-electron chi connectivity index (χ0n) is 27.5. The fourth-order valence-electron chi connectivity index (χ4n) is 10.8. The predicted molar refractivity (Wildman–Crippen MR) is 163 cm³/mol. The molecule has 0 aromatic rings. The summed E-state index contributed by atoms with van der Waals surface area (Å²) in [6.45, 7) is 9.67. The van der Waals surface area contributed by atoms with E-state index in [4.69, 9.17) is 18.9 Å². The van der Waals surface area contributed by atoms with Crippen molar-refractivity contribution in [3.63, 3.8) is 0 Å². The molecule has 5 fully saturated rings. The van der Waals surface area contributed by atoms with Crippen LogP contribution < -0.4 is 0 Å². The van der Waals surface area contributed by atoms with E-state index < -0.39 is 73.2 Å². The second-order valence-corrected chi connectivity index (χ2v) is 16.1. The standard InChI is InChI=1S/C35H52O11/c1-15(2)35(42)16(3)43-29-24(31(41)46-30(29)35)25-22(37)13-21-19-7-6-17-12-18(8-10-33(17,4)20(19)9-11-34(21,25)5)44-32-28(40)27(39)26(38)23(14-36)45-32/h7,9,15-18,21-30,32,36-40,42H,6,8,10-14H2,1-5H3/t16?,17?,18-,21-,22+,23+,24-,25+,26+,27-,28+,29?,30-,32+,33-,34-,35-/m0/s1. The number of ether oxygens (including phenoxy) is 4. The highest BCUT2D eigenvalue weighted by molar-refractivity contribution is 5.77. The Hall–Kier alpha value is -1.41. The van der Waals surface area contributed by atoms with Crippen molar-refractivity contribution in [1.82, 2.24) is 0 Å². The molecule has 46 heavy (non-hydrogen) atoms. The number of fused-ring (bicyclic) bond motifs is 6. The van der Waals surface area contributed by atoms with Crippen LogP contribution >= 0.6 is 0 Å². The molecule has 3 unspecified atom stereocenters. The zero-order chi connectivity index (χ0) is 33.1. The quantitative estimate of drug-likeness (QED) is 0.238. The van der Waals surface area contributed by atoms with Crippen molar-refractivity contribution in [2.75, 3.05) is 6.61 Å². The summed E-state index contributed by atoms with van der Waals surface area (Å²) < 4.78 is 24.0. The van der Waals surface area contributed by atoms with Gasteiger partial charge in [-0.1, -0.05) is 39.8 Å². The Bertz CT molecular complexity index is 1280. The summed E-state index contributed by atoms with van der Waals surface area (Å²) in [5.41, 5.74) is 0.811. The zero-order valence-corrected chi connectivity index (χ0v) is 27.5. The number of hydrogen-bond acceptors (Lipinski definition) is 11. The third-order valence-corrected chi connectivity index (χ3v) is 13.7. The van der Waals surface area contributed by atoms with Gasteiger partial charge in [0.1, 0.15) is 36.1 Å². The topological polar surface area (TPSA) is 175 Å². The molecule has 258 valence electrons. The van der Waals surface area contributed by atoms with Crippen molar-refractivity contribution >= 4 is 5.97 Å². The minimum absolute atomic E-state index is 0.0722. The number of rotatable bonds is 5. The smallest absolute Gasteiger partial charge is 0.312 e. The van der Waals surface area contributed by atoms with Crippen LogP contribution in [0.25, 0.3) is 0 Å². The minimum atomic E-state index is -1.47. The summed E-state index contributed by atoms with van der Waals surface area (Å²) in [4.78, 5) is 13.5. The predicted octanol–water partition coefficient (Wildman–Crippen LogP) is 1.36. The molecule has 2 saturated carbocycles. The van der Waals surface area contributed by atoms with Gasteiger partial charge in [0.2, 0.25) is 0 Å². The maximum Gasteiger partial charge on any atom is 0.312 e. The Morgan fingerprint density at radius 2 is 1.78 bits per heavy atom. The van der Waals surface area contributed by atoms with Crippen molar-refractivity contribution < 1.29 is 54.4 Å². The molecule has 6 N–H and O–H groups in total. The Morgan fingerprint density at radius 1 is 1.04 bits per heavy atom. The van der Waals surface area contributed by atoms with Gasteiger partial charge in [0.15, 0.2) is 12.4 Å². The van der Waals surface area contributed by atoms with Crippen molar-refractivity contribution in [3.05, 3.63) is 23.3 Å². The monoisotopic (exact) mass is 648 g/mol. The third kappa shape index (κ3) is 4.53. The van der Waals surface area contributed by atoms with E-state index in [0.29, 0.717) is 19.3 Å². The van der Waals surface area contributed by atoms with E-state index >= 15 is 0 Å². The maximum absolute atomic E-state index is 13.5. The first-order chi connectivity index (χ1) is 21.7. The summed E-state index contributed by atoms with van der Waals surface area (Å²) in [7, 11) is 0. The van der Waals surface area contributed by atoms with Gasteiger partial charge in [-0.25, -0.2) is 0 Å². The van der Waals surface area contributed by atoms with Crippen LogP contribution in [0.5, 0.6) is 0 Å². The SMILES string of the molecule is CC(C)[C@]1(O)C(C)OC2[C@H]([C@H]3[C@H](O)C[C@H]4C5=CCC6C[C@@H](O[C@@H]7O[C@H](CO)[C@@H](O)[C@H](O)[C@H]7O)CC[C@]6(C)C5=CC[C@]34C)C(=O)O[C@@H]21. The largest absolute Gasteiger partial charge is 0.456 e. The van der Waals surface area contributed by atoms with Crippen LogP contribution in [0.15, 0.2) is 23.3 Å². The average Bonchev–Trinajstić information content (AvgIpc) is 3.56. The van der Waals surface area contributed by atoms with Gasteiger partial charge in [-0.2, -0.15) is 0 Å². The highest BCUT2D eigenvalue weighted by Crippen LogP contribution is 2.66. The number of esters is 1. The maximum atomic E-state index is 13.5. The summed E-state index contributed by atoms with van der Waals surface area (Å²) in [6.07, 6.45) is -0.221. The van der Waals surface area contributed by atoms with Crippen LogP contribution in [0.4, 0.5) is 0 Å². The van der Waals surface area contributed by atoms with E-state index in [1.807, 2.05) is 20.8 Å². The molecular weight excluding hydrogens is 596 g/mol. The summed E-state index contributed by atoms with van der Waals surface area (Å²) >= 11 is 0. The summed E-state index contributed by atoms with van der Waals surface area (Å²) in [5, 5.41) is 63.7. The molecule has 0 bridgehead atoms. The molecule has 3 heterocycles. The Morgan fingerprint density at radius 3 is 2.48 bits per heavy atom. The van der Waals surface area contributed by atoms with Gasteiger partial charge in [-0.05, 0) is 85.2 Å². The van der Waals surface area contributed by atoms with Crippen LogP contribution in [0.3, 0.4) is 0 Å². The van der Waals surface area contributed by atoms with Crippen LogP contribution in [-0.2, 0) is 23.7 Å². The molecular formula is C35H52O11. The molecule has 0 aromatic heterocycles. The first-order valence-corrected chi connectivity index (χ1v) is 17.3. The lowest BCUT2D eigenvalue weighted by molar-refractivity contribution is -0.314. The molecule has 7 aliphatic rings. The van der Waals surface area contributed by atoms with Gasteiger partial charge in [0.05, 0.1) is 30.8 Å². The van der Waals surface area contributed by atoms with Crippen LogP contribution in [-0.4, -0.2) is 110 Å². The fourth-order valence-corrected chi connectivity index (χ4v) is 10.8. The highest BCUT2D eigenvalue weighted by Gasteiger charge is 2.70. The van der Waals surface area contributed by atoms with Crippen molar-refractivity contribution in [3.8, 4) is 0 Å². The van der Waals surface area contributed by atoms with E-state index in [-0.39, 0.29) is 46.6 Å². The Balaban J connectivity index is 1.10. The van der Waals surface area contributed by atoms with Crippen molar-refractivity contribution in [2.45, 2.75) is 140 Å². The lowest BCUT2D eigenvalue weighted by atomic mass is 9.51. The van der Waals surface area contributed by atoms with Crippen LogP contribution in [0.1, 0.15) is 73.1 Å². The lowest BCUT2D eigenvalue weighted by Crippen LogP contribution is -2.60. The number of carbonyl (C=O) groups is 1. The van der Waals surface area contributed by atoms with Crippen molar-refractivity contribution in [1.29, 1.82) is 0 Å².